The van der Waals surface area contributed by atoms with Gasteiger partial charge in [-0.2, -0.15) is 0 Å². The van der Waals surface area contributed by atoms with Crippen molar-refractivity contribution in [3.8, 4) is 0 Å². The van der Waals surface area contributed by atoms with E-state index in [1.165, 1.54) is 6.07 Å². The second-order valence-corrected chi connectivity index (χ2v) is 4.89. The highest BCUT2D eigenvalue weighted by molar-refractivity contribution is 5.97. The van der Waals surface area contributed by atoms with E-state index in [0.29, 0.717) is 17.9 Å². The molecule has 0 aliphatic rings. The lowest BCUT2D eigenvalue weighted by Gasteiger charge is -2.10. The van der Waals surface area contributed by atoms with Gasteiger partial charge in [-0.25, -0.2) is 4.98 Å². The van der Waals surface area contributed by atoms with Crippen molar-refractivity contribution in [3.05, 3.63) is 23.4 Å². The zero-order chi connectivity index (χ0) is 15.1. The number of hydrogen-bond acceptors (Lipinski definition) is 4. The number of rotatable bonds is 6. The summed E-state index contributed by atoms with van der Waals surface area (Å²) in [4.78, 5) is 27.6. The number of carbonyl (C=O) groups excluding carboxylic acids is 2. The number of anilines is 1. The summed E-state index contributed by atoms with van der Waals surface area (Å²) in [6.07, 6.45) is 0.859. The average molecular weight is 278 g/mol. The fourth-order valence-corrected chi connectivity index (χ4v) is 1.59. The minimum atomic E-state index is -0.326. The van der Waals surface area contributed by atoms with Crippen LogP contribution in [0.3, 0.4) is 0 Å². The quantitative estimate of drug-likeness (QED) is 0.724. The minimum Gasteiger partial charge on any atom is -0.384 e. The summed E-state index contributed by atoms with van der Waals surface area (Å²) in [7, 11) is 0. The number of nitrogens with zero attached hydrogens (tertiary/aromatic N) is 1. The maximum atomic E-state index is 12.0. The molecular weight excluding hydrogens is 256 g/mol. The Morgan fingerprint density at radius 3 is 2.60 bits per heavy atom. The van der Waals surface area contributed by atoms with Gasteiger partial charge in [-0.1, -0.05) is 20.8 Å². The van der Waals surface area contributed by atoms with Crippen molar-refractivity contribution in [1.82, 2.24) is 15.6 Å². The highest BCUT2D eigenvalue weighted by atomic mass is 16.2. The van der Waals surface area contributed by atoms with Crippen molar-refractivity contribution in [2.75, 3.05) is 18.8 Å². The first kappa shape index (κ1) is 15.9. The van der Waals surface area contributed by atoms with E-state index in [2.05, 4.69) is 15.6 Å². The Hall–Kier alpha value is -2.11. The fraction of sp³-hybridized carbons (Fsp3) is 0.500. The lowest BCUT2D eigenvalue weighted by molar-refractivity contribution is -0.120. The van der Waals surface area contributed by atoms with Gasteiger partial charge in [-0.05, 0) is 24.5 Å². The molecule has 0 aliphatic carbocycles. The molecule has 1 heterocycles. The molecule has 110 valence electrons. The van der Waals surface area contributed by atoms with E-state index in [9.17, 15) is 9.59 Å². The summed E-state index contributed by atoms with van der Waals surface area (Å²) >= 11 is 0. The maximum absolute atomic E-state index is 12.0. The number of nitrogen functional groups attached to an aromatic ring is 1. The summed E-state index contributed by atoms with van der Waals surface area (Å²) in [6, 6.07) is 3.20. The molecule has 0 radical (unpaired) electrons. The van der Waals surface area contributed by atoms with Crippen LogP contribution in [-0.4, -0.2) is 29.9 Å². The van der Waals surface area contributed by atoms with Gasteiger partial charge < -0.3 is 16.4 Å². The van der Waals surface area contributed by atoms with Crippen molar-refractivity contribution in [2.45, 2.75) is 33.1 Å². The number of carbonyl (C=O) groups is 2. The zero-order valence-electron chi connectivity index (χ0n) is 12.2. The topological polar surface area (TPSA) is 97.1 Å². The van der Waals surface area contributed by atoms with E-state index < -0.39 is 0 Å². The normalized spacial score (nSPS) is 10.4. The van der Waals surface area contributed by atoms with Gasteiger partial charge >= 0.3 is 0 Å². The molecule has 1 aromatic heterocycles. The third-order valence-electron chi connectivity index (χ3n) is 2.70. The Bertz CT molecular complexity index is 486. The molecule has 2 amide bonds. The van der Waals surface area contributed by atoms with Gasteiger partial charge in [0.05, 0.1) is 6.54 Å². The van der Waals surface area contributed by atoms with E-state index >= 15 is 0 Å². The summed E-state index contributed by atoms with van der Waals surface area (Å²) in [5.41, 5.74) is 6.86. The Kier molecular flexibility index (Phi) is 5.96. The highest BCUT2D eigenvalue weighted by Crippen LogP contribution is 2.15. The molecule has 0 aromatic carbocycles. The van der Waals surface area contributed by atoms with E-state index in [-0.39, 0.29) is 24.3 Å². The van der Waals surface area contributed by atoms with Crippen LogP contribution in [0.4, 0.5) is 5.82 Å². The standard InChI is InChI=1S/C14H22N4O2/c1-4-5-16-13(19)8-17-14(20)10-6-11(9(2)3)18-12(15)7-10/h6-7,9H,4-5,8H2,1-3H3,(H2,15,18)(H,16,19)(H,17,20). The van der Waals surface area contributed by atoms with Crippen LogP contribution in [-0.2, 0) is 4.79 Å². The van der Waals surface area contributed by atoms with Gasteiger partial charge in [0.1, 0.15) is 5.82 Å². The third-order valence-corrected chi connectivity index (χ3v) is 2.70. The molecule has 0 spiro atoms. The van der Waals surface area contributed by atoms with Gasteiger partial charge in [-0.15, -0.1) is 0 Å². The fourth-order valence-electron chi connectivity index (χ4n) is 1.59. The Morgan fingerprint density at radius 2 is 2.00 bits per heavy atom. The van der Waals surface area contributed by atoms with E-state index in [0.717, 1.165) is 12.1 Å². The SMILES string of the molecule is CCCNC(=O)CNC(=O)c1cc(N)nc(C(C)C)c1. The van der Waals surface area contributed by atoms with E-state index in [1.807, 2.05) is 20.8 Å². The molecule has 6 nitrogen and oxygen atoms in total. The molecule has 0 aliphatic heterocycles. The average Bonchev–Trinajstić information content (AvgIpc) is 2.41. The van der Waals surface area contributed by atoms with Crippen LogP contribution in [0.2, 0.25) is 0 Å². The Morgan fingerprint density at radius 1 is 1.30 bits per heavy atom. The number of pyridine rings is 1. The predicted molar refractivity (Wildman–Crippen MR) is 78.4 cm³/mol. The molecule has 20 heavy (non-hydrogen) atoms. The molecule has 0 saturated carbocycles. The van der Waals surface area contributed by atoms with Crippen molar-refractivity contribution < 1.29 is 9.59 Å². The Balaban J connectivity index is 2.66. The molecular formula is C14H22N4O2. The van der Waals surface area contributed by atoms with Crippen LogP contribution in [0.25, 0.3) is 0 Å². The number of nitrogens with one attached hydrogen (secondary N) is 2. The third kappa shape index (κ3) is 4.87. The molecule has 4 N–H and O–H groups in total. The molecule has 0 fully saturated rings. The molecule has 6 heteroatoms. The van der Waals surface area contributed by atoms with Crippen molar-refractivity contribution >= 4 is 17.6 Å². The largest absolute Gasteiger partial charge is 0.384 e. The van der Waals surface area contributed by atoms with Crippen LogP contribution in [0.15, 0.2) is 12.1 Å². The van der Waals surface area contributed by atoms with Gasteiger partial charge in [-0.3, -0.25) is 9.59 Å². The first-order valence-corrected chi connectivity index (χ1v) is 6.76. The van der Waals surface area contributed by atoms with Crippen molar-refractivity contribution in [2.24, 2.45) is 0 Å². The number of nitrogens with two attached hydrogens (primary N) is 1. The van der Waals surface area contributed by atoms with Crippen LogP contribution in [0.5, 0.6) is 0 Å². The minimum absolute atomic E-state index is 0.0436. The summed E-state index contributed by atoms with van der Waals surface area (Å²) < 4.78 is 0. The second kappa shape index (κ2) is 7.47. The lowest BCUT2D eigenvalue weighted by atomic mass is 10.1. The molecule has 0 bridgehead atoms. The van der Waals surface area contributed by atoms with Gasteiger partial charge in [0.25, 0.3) is 5.91 Å². The van der Waals surface area contributed by atoms with Crippen LogP contribution >= 0.6 is 0 Å². The number of hydrogen-bond donors (Lipinski definition) is 3. The van der Waals surface area contributed by atoms with E-state index in [1.54, 1.807) is 6.07 Å². The maximum Gasteiger partial charge on any atom is 0.251 e. The number of amides is 2. The van der Waals surface area contributed by atoms with Crippen molar-refractivity contribution in [3.63, 3.8) is 0 Å². The predicted octanol–water partition coefficient (Wildman–Crippen LogP) is 1.04. The molecule has 1 rings (SSSR count). The highest BCUT2D eigenvalue weighted by Gasteiger charge is 2.11. The summed E-state index contributed by atoms with van der Waals surface area (Å²) in [5.74, 6) is -0.0475. The Labute approximate surface area is 119 Å². The first-order chi connectivity index (χ1) is 9.43. The summed E-state index contributed by atoms with van der Waals surface area (Å²) in [5, 5.41) is 5.26. The first-order valence-electron chi connectivity index (χ1n) is 6.76. The number of aromatic nitrogens is 1. The molecule has 0 saturated heterocycles. The lowest BCUT2D eigenvalue weighted by Crippen LogP contribution is -2.37. The van der Waals surface area contributed by atoms with E-state index in [4.69, 9.17) is 5.73 Å². The molecule has 0 atom stereocenters. The van der Waals surface area contributed by atoms with Gasteiger partial charge in [0.2, 0.25) is 5.91 Å². The van der Waals surface area contributed by atoms with Crippen LogP contribution in [0.1, 0.15) is 49.2 Å². The van der Waals surface area contributed by atoms with Gasteiger partial charge in [0, 0.05) is 17.8 Å². The second-order valence-electron chi connectivity index (χ2n) is 4.89. The smallest absolute Gasteiger partial charge is 0.251 e. The molecule has 0 unspecified atom stereocenters. The van der Waals surface area contributed by atoms with Crippen molar-refractivity contribution in [1.29, 1.82) is 0 Å². The van der Waals surface area contributed by atoms with Crippen LogP contribution < -0.4 is 16.4 Å². The van der Waals surface area contributed by atoms with Gasteiger partial charge in [0.15, 0.2) is 0 Å². The zero-order valence-corrected chi connectivity index (χ0v) is 12.2. The molecule has 1 aromatic rings. The summed E-state index contributed by atoms with van der Waals surface area (Å²) in [6.45, 7) is 6.47. The van der Waals surface area contributed by atoms with Crippen LogP contribution in [0, 0.1) is 0 Å². The monoisotopic (exact) mass is 278 g/mol.